The van der Waals surface area contributed by atoms with E-state index in [4.69, 9.17) is 5.73 Å². The lowest BCUT2D eigenvalue weighted by atomic mass is 10.0. The van der Waals surface area contributed by atoms with Crippen LogP contribution in [0.3, 0.4) is 0 Å². The van der Waals surface area contributed by atoms with Gasteiger partial charge >= 0.3 is 0 Å². The number of amides is 1. The molecule has 0 aliphatic heterocycles. The number of carbonyl (C=O) groups is 1. The zero-order chi connectivity index (χ0) is 15.8. The van der Waals surface area contributed by atoms with Gasteiger partial charge in [-0.05, 0) is 36.1 Å². The first kappa shape index (κ1) is 19.2. The molecular formula is C19H25ClN2O. The third kappa shape index (κ3) is 6.05. The van der Waals surface area contributed by atoms with Crippen LogP contribution >= 0.6 is 12.4 Å². The van der Waals surface area contributed by atoms with Gasteiger partial charge in [-0.1, -0.05) is 55.8 Å². The molecule has 2 rings (SSSR count). The molecule has 0 aromatic heterocycles. The molecule has 0 saturated heterocycles. The lowest BCUT2D eigenvalue weighted by Gasteiger charge is -2.18. The van der Waals surface area contributed by atoms with E-state index in [-0.39, 0.29) is 24.4 Å². The normalized spacial score (nSPS) is 11.4. The van der Waals surface area contributed by atoms with Crippen LogP contribution in [0.4, 0.5) is 0 Å². The first-order valence-corrected chi connectivity index (χ1v) is 7.86. The Labute approximate surface area is 144 Å². The number of carbonyl (C=O) groups excluding carboxylic acids is 1. The average molecular weight is 333 g/mol. The highest BCUT2D eigenvalue weighted by Gasteiger charge is 2.13. The molecule has 0 aliphatic carbocycles. The lowest BCUT2D eigenvalue weighted by Crippen LogP contribution is -2.36. The largest absolute Gasteiger partial charge is 0.349 e. The Morgan fingerprint density at radius 1 is 1.04 bits per heavy atom. The number of nitrogens with one attached hydrogen (secondary N) is 1. The van der Waals surface area contributed by atoms with Crippen LogP contribution in [0, 0.1) is 0 Å². The number of benzene rings is 2. The number of rotatable bonds is 7. The van der Waals surface area contributed by atoms with Crippen LogP contribution in [-0.2, 0) is 13.0 Å². The fourth-order valence-corrected chi connectivity index (χ4v) is 2.53. The van der Waals surface area contributed by atoms with E-state index in [1.807, 2.05) is 42.5 Å². The molecule has 23 heavy (non-hydrogen) atoms. The fourth-order valence-electron chi connectivity index (χ4n) is 2.53. The summed E-state index contributed by atoms with van der Waals surface area (Å²) in [6.07, 6.45) is 2.88. The van der Waals surface area contributed by atoms with Crippen molar-refractivity contribution in [1.82, 2.24) is 5.32 Å². The molecule has 2 aromatic carbocycles. The van der Waals surface area contributed by atoms with E-state index in [1.54, 1.807) is 0 Å². The van der Waals surface area contributed by atoms with Gasteiger partial charge in [0.05, 0.1) is 0 Å². The van der Waals surface area contributed by atoms with Crippen molar-refractivity contribution in [2.24, 2.45) is 5.73 Å². The van der Waals surface area contributed by atoms with Gasteiger partial charge < -0.3 is 11.1 Å². The maximum absolute atomic E-state index is 12.4. The predicted octanol–water partition coefficient (Wildman–Crippen LogP) is 3.71. The summed E-state index contributed by atoms with van der Waals surface area (Å²) in [5, 5.41) is 3.15. The van der Waals surface area contributed by atoms with Crippen LogP contribution in [0.15, 0.2) is 54.6 Å². The van der Waals surface area contributed by atoms with Crippen LogP contribution in [0.2, 0.25) is 0 Å². The minimum atomic E-state index is -0.0158. The Kier molecular flexibility index (Phi) is 8.38. The number of hydrogen-bond donors (Lipinski definition) is 2. The van der Waals surface area contributed by atoms with E-state index >= 15 is 0 Å². The summed E-state index contributed by atoms with van der Waals surface area (Å²) in [6.45, 7) is 2.63. The van der Waals surface area contributed by atoms with Crippen molar-refractivity contribution >= 4 is 18.3 Å². The molecule has 1 unspecified atom stereocenters. The summed E-state index contributed by atoms with van der Waals surface area (Å²) in [7, 11) is 0. The van der Waals surface area contributed by atoms with E-state index in [0.29, 0.717) is 12.1 Å². The number of nitrogens with two attached hydrogens (primary N) is 1. The fraction of sp³-hybridized carbons (Fsp3) is 0.316. The van der Waals surface area contributed by atoms with Crippen molar-refractivity contribution in [1.29, 1.82) is 0 Å². The summed E-state index contributed by atoms with van der Waals surface area (Å²) in [6, 6.07) is 17.9. The van der Waals surface area contributed by atoms with Crippen LogP contribution in [0.1, 0.15) is 41.3 Å². The molecule has 3 nitrogen and oxygen atoms in total. The molecule has 0 fully saturated rings. The van der Waals surface area contributed by atoms with Crippen LogP contribution < -0.4 is 11.1 Å². The van der Waals surface area contributed by atoms with E-state index < -0.39 is 0 Å². The maximum Gasteiger partial charge on any atom is 0.251 e. The first-order chi connectivity index (χ1) is 10.7. The van der Waals surface area contributed by atoms with Gasteiger partial charge in [-0.3, -0.25) is 4.79 Å². The monoisotopic (exact) mass is 332 g/mol. The third-order valence-electron chi connectivity index (χ3n) is 3.75. The Morgan fingerprint density at radius 3 is 2.26 bits per heavy atom. The zero-order valence-corrected chi connectivity index (χ0v) is 14.3. The summed E-state index contributed by atoms with van der Waals surface area (Å²) in [5.74, 6) is -0.0158. The molecule has 0 aliphatic rings. The molecule has 1 atom stereocenters. The predicted molar refractivity (Wildman–Crippen MR) is 97.9 cm³/mol. The Hall–Kier alpha value is -1.84. The van der Waals surface area contributed by atoms with E-state index in [1.165, 1.54) is 5.56 Å². The minimum absolute atomic E-state index is 0. The molecule has 0 bridgehead atoms. The van der Waals surface area contributed by atoms with Crippen LogP contribution in [-0.4, -0.2) is 11.9 Å². The zero-order valence-electron chi connectivity index (χ0n) is 13.5. The second kappa shape index (κ2) is 10.0. The Balaban J connectivity index is 0.00000264. The first-order valence-electron chi connectivity index (χ1n) is 7.86. The van der Waals surface area contributed by atoms with E-state index in [0.717, 1.165) is 24.8 Å². The summed E-state index contributed by atoms with van der Waals surface area (Å²) in [4.78, 5) is 12.4. The van der Waals surface area contributed by atoms with Gasteiger partial charge in [0.1, 0.15) is 0 Å². The van der Waals surface area contributed by atoms with Crippen LogP contribution in [0.5, 0.6) is 0 Å². The van der Waals surface area contributed by atoms with Gasteiger partial charge in [0.2, 0.25) is 0 Å². The van der Waals surface area contributed by atoms with Crippen molar-refractivity contribution in [2.75, 3.05) is 0 Å². The van der Waals surface area contributed by atoms with Crippen LogP contribution in [0.25, 0.3) is 0 Å². The summed E-state index contributed by atoms with van der Waals surface area (Å²) < 4.78 is 0. The molecule has 1 amide bonds. The molecule has 0 radical (unpaired) electrons. The van der Waals surface area contributed by atoms with Gasteiger partial charge in [0, 0.05) is 18.2 Å². The average Bonchev–Trinajstić information content (AvgIpc) is 2.56. The molecule has 124 valence electrons. The molecule has 2 aromatic rings. The van der Waals surface area contributed by atoms with Gasteiger partial charge in [0.15, 0.2) is 0 Å². The van der Waals surface area contributed by atoms with Gasteiger partial charge in [-0.2, -0.15) is 0 Å². The van der Waals surface area contributed by atoms with E-state index in [9.17, 15) is 4.79 Å². The van der Waals surface area contributed by atoms with Crippen molar-refractivity contribution in [2.45, 2.75) is 38.8 Å². The standard InChI is InChI=1S/C19H24N2O.ClH/c1-2-6-18(13-15-7-4-3-5-8-15)21-19(22)17-11-9-16(14-20)10-12-17;/h3-5,7-12,18H,2,6,13-14,20H2,1H3,(H,21,22);1H. The van der Waals surface area contributed by atoms with Crippen molar-refractivity contribution in [3.63, 3.8) is 0 Å². The smallest absolute Gasteiger partial charge is 0.251 e. The highest BCUT2D eigenvalue weighted by molar-refractivity contribution is 5.94. The molecule has 0 heterocycles. The third-order valence-corrected chi connectivity index (χ3v) is 3.75. The summed E-state index contributed by atoms with van der Waals surface area (Å²) in [5.41, 5.74) is 8.55. The topological polar surface area (TPSA) is 55.1 Å². The quantitative estimate of drug-likeness (QED) is 0.812. The van der Waals surface area contributed by atoms with Crippen molar-refractivity contribution in [3.8, 4) is 0 Å². The van der Waals surface area contributed by atoms with Gasteiger partial charge in [-0.25, -0.2) is 0 Å². The minimum Gasteiger partial charge on any atom is -0.349 e. The maximum atomic E-state index is 12.4. The molecule has 3 N–H and O–H groups in total. The van der Waals surface area contributed by atoms with Crippen molar-refractivity contribution in [3.05, 3.63) is 71.3 Å². The highest BCUT2D eigenvalue weighted by Crippen LogP contribution is 2.10. The number of halogens is 1. The lowest BCUT2D eigenvalue weighted by molar-refractivity contribution is 0.0934. The summed E-state index contributed by atoms with van der Waals surface area (Å²) >= 11 is 0. The second-order valence-corrected chi connectivity index (χ2v) is 5.55. The molecule has 0 saturated carbocycles. The second-order valence-electron chi connectivity index (χ2n) is 5.55. The Bertz CT molecular complexity index is 584. The molecule has 0 spiro atoms. The van der Waals surface area contributed by atoms with Crippen molar-refractivity contribution < 1.29 is 4.79 Å². The number of hydrogen-bond acceptors (Lipinski definition) is 2. The molecule has 4 heteroatoms. The highest BCUT2D eigenvalue weighted by atomic mass is 35.5. The Morgan fingerprint density at radius 2 is 1.70 bits per heavy atom. The molecular weight excluding hydrogens is 308 g/mol. The van der Waals surface area contributed by atoms with Gasteiger partial charge in [0.25, 0.3) is 5.91 Å². The SMILES string of the molecule is CCCC(Cc1ccccc1)NC(=O)c1ccc(CN)cc1.Cl. The van der Waals surface area contributed by atoms with Gasteiger partial charge in [-0.15, -0.1) is 12.4 Å². The van der Waals surface area contributed by atoms with E-state index in [2.05, 4.69) is 24.4 Å².